The van der Waals surface area contributed by atoms with Crippen molar-refractivity contribution in [2.24, 2.45) is 0 Å². The highest BCUT2D eigenvalue weighted by atomic mass is 32.1. The molecule has 0 saturated heterocycles. The maximum atomic E-state index is 13.6. The molecule has 0 amide bonds. The summed E-state index contributed by atoms with van der Waals surface area (Å²) in [5, 5.41) is 3.96. The summed E-state index contributed by atoms with van der Waals surface area (Å²) in [5.74, 6) is 0.454. The smallest absolute Gasteiger partial charge is 0.203 e. The van der Waals surface area contributed by atoms with E-state index in [0.29, 0.717) is 17.9 Å². The zero-order chi connectivity index (χ0) is 16.1. The molecule has 0 aliphatic carbocycles. The molecule has 1 heterocycles. The van der Waals surface area contributed by atoms with Crippen LogP contribution in [0.25, 0.3) is 11.4 Å². The Balaban J connectivity index is 1.67. The molecule has 3 aromatic rings. The Kier molecular flexibility index (Phi) is 4.95. The molecule has 1 aromatic heterocycles. The largest absolute Gasteiger partial charge is 0.380 e. The zero-order valence-electron chi connectivity index (χ0n) is 12.6. The normalized spacial score (nSPS) is 10.7. The molecule has 2 aromatic carbocycles. The number of halogens is 1. The van der Waals surface area contributed by atoms with Gasteiger partial charge in [0.2, 0.25) is 5.13 Å². The van der Waals surface area contributed by atoms with Crippen LogP contribution in [0, 0.1) is 5.82 Å². The van der Waals surface area contributed by atoms with E-state index in [4.69, 9.17) is 4.74 Å². The van der Waals surface area contributed by atoms with Crippen molar-refractivity contribution in [3.63, 3.8) is 0 Å². The Bertz CT molecular complexity index is 777. The molecular weight excluding hydrogens is 313 g/mol. The highest BCUT2D eigenvalue weighted by Gasteiger charge is 2.07. The lowest BCUT2D eigenvalue weighted by atomic mass is 10.1. The topological polar surface area (TPSA) is 47.0 Å². The minimum Gasteiger partial charge on any atom is -0.380 e. The van der Waals surface area contributed by atoms with Crippen molar-refractivity contribution in [3.05, 3.63) is 65.5 Å². The number of methoxy groups -OCH3 is 1. The molecule has 0 bridgehead atoms. The molecular formula is C17H16FN3OS. The van der Waals surface area contributed by atoms with Crippen molar-refractivity contribution < 1.29 is 9.13 Å². The minimum atomic E-state index is -0.252. The lowest BCUT2D eigenvalue weighted by molar-refractivity contribution is 0.181. The molecule has 118 valence electrons. The van der Waals surface area contributed by atoms with Gasteiger partial charge in [-0.1, -0.05) is 36.4 Å². The van der Waals surface area contributed by atoms with Crippen LogP contribution < -0.4 is 5.32 Å². The van der Waals surface area contributed by atoms with Gasteiger partial charge in [-0.25, -0.2) is 4.39 Å². The van der Waals surface area contributed by atoms with Gasteiger partial charge in [-0.3, -0.25) is 0 Å². The monoisotopic (exact) mass is 329 g/mol. The van der Waals surface area contributed by atoms with Crippen LogP contribution in [0.5, 0.6) is 0 Å². The Morgan fingerprint density at radius 2 is 2.00 bits per heavy atom. The number of rotatable bonds is 6. The predicted octanol–water partition coefficient (Wildman–Crippen LogP) is 4.10. The van der Waals surface area contributed by atoms with Gasteiger partial charge in [0.05, 0.1) is 6.61 Å². The third-order valence-corrected chi connectivity index (χ3v) is 3.98. The molecule has 0 saturated carbocycles. The van der Waals surface area contributed by atoms with Gasteiger partial charge in [0, 0.05) is 36.3 Å². The summed E-state index contributed by atoms with van der Waals surface area (Å²) in [6.45, 7) is 0.817. The van der Waals surface area contributed by atoms with Crippen LogP contribution in [0.2, 0.25) is 0 Å². The van der Waals surface area contributed by atoms with Gasteiger partial charge in [0.1, 0.15) is 5.82 Å². The molecule has 0 aliphatic rings. The fourth-order valence-electron chi connectivity index (χ4n) is 2.18. The standard InChI is InChI=1S/C17H16FN3OS/c1-22-11-14-9-12(7-8-15(14)18)10-19-17-20-16(21-23-17)13-5-3-2-4-6-13/h2-9H,10-11H2,1H3,(H,19,20,21). The molecule has 0 unspecified atom stereocenters. The first-order chi connectivity index (χ1) is 11.3. The number of hydrogen-bond donors (Lipinski definition) is 1. The van der Waals surface area contributed by atoms with Gasteiger partial charge in [-0.2, -0.15) is 9.36 Å². The van der Waals surface area contributed by atoms with E-state index in [9.17, 15) is 4.39 Å². The second-order valence-corrected chi connectivity index (χ2v) is 5.75. The van der Waals surface area contributed by atoms with E-state index >= 15 is 0 Å². The first kappa shape index (κ1) is 15.6. The van der Waals surface area contributed by atoms with E-state index in [0.717, 1.165) is 16.3 Å². The molecule has 3 rings (SSSR count). The summed E-state index contributed by atoms with van der Waals surface area (Å²) in [4.78, 5) is 4.47. The van der Waals surface area contributed by atoms with Crippen LogP contribution in [0.1, 0.15) is 11.1 Å². The fourth-order valence-corrected chi connectivity index (χ4v) is 2.76. The first-order valence-electron chi connectivity index (χ1n) is 7.15. The van der Waals surface area contributed by atoms with E-state index in [1.54, 1.807) is 19.2 Å². The highest BCUT2D eigenvalue weighted by molar-refractivity contribution is 7.09. The van der Waals surface area contributed by atoms with Gasteiger partial charge in [-0.15, -0.1) is 0 Å². The number of aromatic nitrogens is 2. The molecule has 0 radical (unpaired) electrons. The summed E-state index contributed by atoms with van der Waals surface area (Å²) >= 11 is 1.31. The summed E-state index contributed by atoms with van der Waals surface area (Å²) in [7, 11) is 1.55. The minimum absolute atomic E-state index is 0.252. The van der Waals surface area contributed by atoms with E-state index in [1.165, 1.54) is 17.6 Å². The molecule has 1 N–H and O–H groups in total. The predicted molar refractivity (Wildman–Crippen MR) is 89.8 cm³/mol. The van der Waals surface area contributed by atoms with Crippen molar-refractivity contribution in [3.8, 4) is 11.4 Å². The first-order valence-corrected chi connectivity index (χ1v) is 7.93. The van der Waals surface area contributed by atoms with Crippen LogP contribution in [0.4, 0.5) is 9.52 Å². The van der Waals surface area contributed by atoms with Crippen molar-refractivity contribution in [1.29, 1.82) is 0 Å². The summed E-state index contributed by atoms with van der Waals surface area (Å²) in [6.07, 6.45) is 0. The van der Waals surface area contributed by atoms with Gasteiger partial charge in [-0.05, 0) is 17.7 Å². The molecule has 23 heavy (non-hydrogen) atoms. The van der Waals surface area contributed by atoms with Crippen LogP contribution in [0.15, 0.2) is 48.5 Å². The number of nitrogens with one attached hydrogen (secondary N) is 1. The van der Waals surface area contributed by atoms with E-state index in [1.807, 2.05) is 30.3 Å². The Labute approximate surface area is 138 Å². The lowest BCUT2D eigenvalue weighted by Crippen LogP contribution is -2.01. The maximum Gasteiger partial charge on any atom is 0.203 e. The van der Waals surface area contributed by atoms with Gasteiger partial charge in [0.25, 0.3) is 0 Å². The Morgan fingerprint density at radius 1 is 1.17 bits per heavy atom. The van der Waals surface area contributed by atoms with Crippen molar-refractivity contribution in [2.75, 3.05) is 12.4 Å². The molecule has 0 atom stereocenters. The second kappa shape index (κ2) is 7.30. The Hall–Kier alpha value is -2.31. The number of nitrogens with zero attached hydrogens (tertiary/aromatic N) is 2. The zero-order valence-corrected chi connectivity index (χ0v) is 13.4. The second-order valence-electron chi connectivity index (χ2n) is 5.00. The SMILES string of the molecule is COCc1cc(CNc2nc(-c3ccccc3)ns2)ccc1F. The van der Waals surface area contributed by atoms with Crippen LogP contribution in [0.3, 0.4) is 0 Å². The number of hydrogen-bond acceptors (Lipinski definition) is 5. The van der Waals surface area contributed by atoms with E-state index in [2.05, 4.69) is 14.7 Å². The van der Waals surface area contributed by atoms with Crippen molar-refractivity contribution >= 4 is 16.7 Å². The van der Waals surface area contributed by atoms with Gasteiger partial charge < -0.3 is 10.1 Å². The third kappa shape index (κ3) is 3.91. The summed E-state index contributed by atoms with van der Waals surface area (Å²) < 4.78 is 22.9. The molecule has 0 spiro atoms. The van der Waals surface area contributed by atoms with Gasteiger partial charge in [0.15, 0.2) is 5.82 Å². The maximum absolute atomic E-state index is 13.6. The Morgan fingerprint density at radius 3 is 2.78 bits per heavy atom. The molecule has 0 aliphatic heterocycles. The van der Waals surface area contributed by atoms with Crippen LogP contribution in [-0.4, -0.2) is 16.5 Å². The van der Waals surface area contributed by atoms with Crippen LogP contribution in [-0.2, 0) is 17.9 Å². The summed E-state index contributed by atoms with van der Waals surface area (Å²) in [6, 6.07) is 14.8. The van der Waals surface area contributed by atoms with Gasteiger partial charge >= 0.3 is 0 Å². The quantitative estimate of drug-likeness (QED) is 0.739. The lowest BCUT2D eigenvalue weighted by Gasteiger charge is -2.06. The molecule has 4 nitrogen and oxygen atoms in total. The third-order valence-electron chi connectivity index (χ3n) is 3.31. The average Bonchev–Trinajstić information content (AvgIpc) is 3.06. The van der Waals surface area contributed by atoms with Crippen molar-refractivity contribution in [1.82, 2.24) is 9.36 Å². The fraction of sp³-hybridized carbons (Fsp3) is 0.176. The molecule has 6 heteroatoms. The van der Waals surface area contributed by atoms with E-state index < -0.39 is 0 Å². The number of anilines is 1. The average molecular weight is 329 g/mol. The highest BCUT2D eigenvalue weighted by Crippen LogP contribution is 2.21. The number of benzene rings is 2. The summed E-state index contributed by atoms with van der Waals surface area (Å²) in [5.41, 5.74) is 2.50. The number of ether oxygens (including phenoxy) is 1. The molecule has 0 fully saturated rings. The van der Waals surface area contributed by atoms with E-state index in [-0.39, 0.29) is 12.4 Å². The van der Waals surface area contributed by atoms with Crippen molar-refractivity contribution in [2.45, 2.75) is 13.2 Å². The van der Waals surface area contributed by atoms with Crippen LogP contribution >= 0.6 is 11.5 Å².